The molecule has 2 heterocycles. The first-order chi connectivity index (χ1) is 11.4. The summed E-state index contributed by atoms with van der Waals surface area (Å²) in [5, 5.41) is 1.22. The van der Waals surface area contributed by atoms with Crippen molar-refractivity contribution in [1.82, 2.24) is 0 Å². The van der Waals surface area contributed by atoms with Crippen molar-refractivity contribution in [3.8, 4) is 10.4 Å². The van der Waals surface area contributed by atoms with Crippen LogP contribution in [0.3, 0.4) is 0 Å². The summed E-state index contributed by atoms with van der Waals surface area (Å²) in [5.74, 6) is 0. The van der Waals surface area contributed by atoms with Gasteiger partial charge in [0.05, 0.1) is 11.2 Å². The van der Waals surface area contributed by atoms with Gasteiger partial charge in [0, 0.05) is 9.58 Å². The molecule has 122 valence electrons. The van der Waals surface area contributed by atoms with E-state index in [1.54, 1.807) is 0 Å². The molecule has 24 heavy (non-hydrogen) atoms. The summed E-state index contributed by atoms with van der Waals surface area (Å²) < 4.78 is 13.8. The van der Waals surface area contributed by atoms with Crippen LogP contribution < -0.4 is 5.46 Å². The second-order valence-corrected chi connectivity index (χ2v) is 8.41. The first kappa shape index (κ1) is 15.9. The van der Waals surface area contributed by atoms with Crippen LogP contribution in [0.2, 0.25) is 0 Å². The van der Waals surface area contributed by atoms with Crippen LogP contribution >= 0.6 is 11.3 Å². The molecule has 4 heteroatoms. The van der Waals surface area contributed by atoms with Crippen LogP contribution in [0.5, 0.6) is 0 Å². The van der Waals surface area contributed by atoms with Gasteiger partial charge < -0.3 is 9.31 Å². The molecule has 1 saturated heterocycles. The fraction of sp³-hybridized carbons (Fsp3) is 0.300. The van der Waals surface area contributed by atoms with Crippen LogP contribution in [0.15, 0.2) is 54.6 Å². The Balaban J connectivity index is 1.79. The molecule has 1 aliphatic heterocycles. The minimum absolute atomic E-state index is 0.321. The van der Waals surface area contributed by atoms with E-state index < -0.39 is 0 Å². The Hall–Kier alpha value is -1.62. The van der Waals surface area contributed by atoms with Gasteiger partial charge in [-0.05, 0) is 56.2 Å². The van der Waals surface area contributed by atoms with Gasteiger partial charge in [-0.2, -0.15) is 0 Å². The quantitative estimate of drug-likeness (QED) is 0.622. The largest absolute Gasteiger partial charge is 0.495 e. The van der Waals surface area contributed by atoms with E-state index in [4.69, 9.17) is 9.31 Å². The molecule has 0 radical (unpaired) electrons. The smallest absolute Gasteiger partial charge is 0.399 e. The molecule has 2 nitrogen and oxygen atoms in total. The number of fused-ring (bicyclic) bond motifs is 1. The Morgan fingerprint density at radius 2 is 1.50 bits per heavy atom. The lowest BCUT2D eigenvalue weighted by Crippen LogP contribution is -2.41. The Kier molecular flexibility index (Phi) is 3.61. The highest BCUT2D eigenvalue weighted by atomic mass is 32.1. The molecular weight excluding hydrogens is 315 g/mol. The van der Waals surface area contributed by atoms with Crippen molar-refractivity contribution in [3.05, 3.63) is 54.6 Å². The maximum Gasteiger partial charge on any atom is 0.495 e. The summed E-state index contributed by atoms with van der Waals surface area (Å²) in [5.41, 5.74) is 1.72. The first-order valence-corrected chi connectivity index (χ1v) is 9.13. The summed E-state index contributed by atoms with van der Waals surface area (Å²) in [7, 11) is -0.322. The molecule has 0 unspecified atom stereocenters. The average Bonchev–Trinajstić information content (AvgIpc) is 3.06. The Morgan fingerprint density at radius 1 is 0.833 bits per heavy atom. The number of hydrogen-bond acceptors (Lipinski definition) is 3. The van der Waals surface area contributed by atoms with Gasteiger partial charge in [0.25, 0.3) is 0 Å². The van der Waals surface area contributed by atoms with Crippen LogP contribution in [-0.2, 0) is 9.31 Å². The van der Waals surface area contributed by atoms with Crippen LogP contribution in [0.25, 0.3) is 20.5 Å². The van der Waals surface area contributed by atoms with Gasteiger partial charge >= 0.3 is 7.12 Å². The SMILES string of the molecule is CC1(C)OB(c2cccc3sc(-c4ccccc4)cc23)OC1(C)C. The second-order valence-electron chi connectivity index (χ2n) is 7.32. The van der Waals surface area contributed by atoms with E-state index in [0.717, 1.165) is 5.46 Å². The van der Waals surface area contributed by atoms with E-state index in [1.165, 1.54) is 20.5 Å². The van der Waals surface area contributed by atoms with Crippen LogP contribution in [0.4, 0.5) is 0 Å². The molecule has 2 aromatic carbocycles. The van der Waals surface area contributed by atoms with Crippen molar-refractivity contribution in [2.45, 2.75) is 38.9 Å². The zero-order chi connectivity index (χ0) is 16.9. The fourth-order valence-corrected chi connectivity index (χ4v) is 4.10. The normalized spacial score (nSPS) is 19.1. The van der Waals surface area contributed by atoms with Crippen molar-refractivity contribution in [1.29, 1.82) is 0 Å². The van der Waals surface area contributed by atoms with Gasteiger partial charge in [-0.3, -0.25) is 0 Å². The van der Waals surface area contributed by atoms with Gasteiger partial charge in [0.1, 0.15) is 0 Å². The fourth-order valence-electron chi connectivity index (χ4n) is 3.00. The Bertz CT molecular complexity index is 867. The van der Waals surface area contributed by atoms with E-state index in [9.17, 15) is 0 Å². The monoisotopic (exact) mass is 336 g/mol. The molecule has 0 amide bonds. The van der Waals surface area contributed by atoms with Crippen LogP contribution in [0.1, 0.15) is 27.7 Å². The topological polar surface area (TPSA) is 18.5 Å². The maximum absolute atomic E-state index is 6.26. The highest BCUT2D eigenvalue weighted by Gasteiger charge is 2.52. The summed E-state index contributed by atoms with van der Waals surface area (Å²) >= 11 is 1.81. The highest BCUT2D eigenvalue weighted by molar-refractivity contribution is 7.22. The second kappa shape index (κ2) is 5.45. The van der Waals surface area contributed by atoms with E-state index >= 15 is 0 Å². The minimum Gasteiger partial charge on any atom is -0.399 e. The van der Waals surface area contributed by atoms with Crippen molar-refractivity contribution >= 4 is 34.0 Å². The van der Waals surface area contributed by atoms with E-state index in [2.05, 4.69) is 76.2 Å². The van der Waals surface area contributed by atoms with Crippen LogP contribution in [-0.4, -0.2) is 18.3 Å². The number of thiophene rings is 1. The van der Waals surface area contributed by atoms with Gasteiger partial charge in [-0.25, -0.2) is 0 Å². The molecule has 0 saturated carbocycles. The minimum atomic E-state index is -0.322. The average molecular weight is 336 g/mol. The molecule has 0 spiro atoms. The van der Waals surface area contributed by atoms with E-state index in [-0.39, 0.29) is 18.3 Å². The Morgan fingerprint density at radius 3 is 2.17 bits per heavy atom. The van der Waals surface area contributed by atoms with E-state index in [0.29, 0.717) is 0 Å². The van der Waals surface area contributed by atoms with Gasteiger partial charge in [0.15, 0.2) is 0 Å². The predicted molar refractivity (Wildman–Crippen MR) is 103 cm³/mol. The third kappa shape index (κ3) is 2.50. The molecule has 4 rings (SSSR count). The highest BCUT2D eigenvalue weighted by Crippen LogP contribution is 2.38. The van der Waals surface area contributed by atoms with Crippen molar-refractivity contribution in [2.24, 2.45) is 0 Å². The summed E-state index contributed by atoms with van der Waals surface area (Å²) in [4.78, 5) is 1.27. The number of benzene rings is 2. The van der Waals surface area contributed by atoms with Gasteiger partial charge in [-0.1, -0.05) is 42.5 Å². The molecule has 1 aromatic heterocycles. The molecular formula is C20H21BO2S. The van der Waals surface area contributed by atoms with Crippen molar-refractivity contribution in [3.63, 3.8) is 0 Å². The summed E-state index contributed by atoms with van der Waals surface area (Å²) in [6, 6.07) is 19.1. The van der Waals surface area contributed by atoms with Crippen molar-refractivity contribution in [2.75, 3.05) is 0 Å². The lowest BCUT2D eigenvalue weighted by molar-refractivity contribution is 0.00578. The summed E-state index contributed by atoms with van der Waals surface area (Å²) in [6.45, 7) is 8.37. The third-order valence-electron chi connectivity index (χ3n) is 5.16. The summed E-state index contributed by atoms with van der Waals surface area (Å²) in [6.07, 6.45) is 0. The van der Waals surface area contributed by atoms with E-state index in [1.807, 2.05) is 17.4 Å². The van der Waals surface area contributed by atoms with Crippen molar-refractivity contribution < 1.29 is 9.31 Å². The molecule has 0 N–H and O–H groups in total. The molecule has 1 aliphatic rings. The van der Waals surface area contributed by atoms with Crippen LogP contribution in [0, 0.1) is 0 Å². The maximum atomic E-state index is 6.26. The van der Waals surface area contributed by atoms with Gasteiger partial charge in [-0.15, -0.1) is 11.3 Å². The zero-order valence-corrected chi connectivity index (χ0v) is 15.3. The standard InChI is InChI=1S/C20H21BO2S/c1-19(2)20(3,4)23-21(22-19)16-11-8-12-17-15(16)13-18(24-17)14-9-6-5-7-10-14/h5-13H,1-4H3. The lowest BCUT2D eigenvalue weighted by atomic mass is 9.77. The number of rotatable bonds is 2. The zero-order valence-electron chi connectivity index (χ0n) is 14.5. The molecule has 0 bridgehead atoms. The molecule has 3 aromatic rings. The third-order valence-corrected chi connectivity index (χ3v) is 6.31. The Labute approximate surface area is 147 Å². The molecule has 0 atom stereocenters. The predicted octanol–water partition coefficient (Wildman–Crippen LogP) is 4.87. The number of hydrogen-bond donors (Lipinski definition) is 0. The van der Waals surface area contributed by atoms with Gasteiger partial charge in [0.2, 0.25) is 0 Å². The molecule has 1 fully saturated rings. The lowest BCUT2D eigenvalue weighted by Gasteiger charge is -2.32. The first-order valence-electron chi connectivity index (χ1n) is 8.31. The molecule has 0 aliphatic carbocycles.